The molecule has 10 nitrogen and oxygen atoms in total. The molecule has 3 aromatic rings. The summed E-state index contributed by atoms with van der Waals surface area (Å²) in [6, 6.07) is 4.97. The molecule has 14 heteroatoms. The second kappa shape index (κ2) is 9.18. The van der Waals surface area contributed by atoms with Gasteiger partial charge in [-0.2, -0.15) is 22.5 Å². The van der Waals surface area contributed by atoms with Crippen molar-refractivity contribution in [3.8, 4) is 5.75 Å². The van der Waals surface area contributed by atoms with E-state index >= 15 is 0 Å². The van der Waals surface area contributed by atoms with Crippen LogP contribution >= 0.6 is 0 Å². The highest BCUT2D eigenvalue weighted by atomic mass is 32.2. The highest BCUT2D eigenvalue weighted by Gasteiger charge is 2.31. The number of halogens is 3. The number of aryl methyl sites for hydroxylation is 1. The van der Waals surface area contributed by atoms with Crippen LogP contribution in [0.1, 0.15) is 35.6 Å². The zero-order valence-electron chi connectivity index (χ0n) is 18.0. The van der Waals surface area contributed by atoms with E-state index in [0.29, 0.717) is 31.6 Å². The monoisotopic (exact) mass is 498 g/mol. The smallest absolute Gasteiger partial charge is 0.422 e. The largest absolute Gasteiger partial charge is 0.482 e. The Kier molecular flexibility index (Phi) is 6.45. The van der Waals surface area contributed by atoms with E-state index in [1.807, 2.05) is 0 Å². The first-order chi connectivity index (χ1) is 16.0. The molecular weight excluding hydrogens is 477 g/mol. The Morgan fingerprint density at radius 1 is 1.18 bits per heavy atom. The Morgan fingerprint density at radius 2 is 1.91 bits per heavy atom. The summed E-state index contributed by atoms with van der Waals surface area (Å²) in [6.07, 6.45) is -0.811. The van der Waals surface area contributed by atoms with Gasteiger partial charge in [0.25, 0.3) is 11.7 Å². The molecular formula is C20H21F3N6O4S. The number of benzene rings is 1. The number of nitrogens with one attached hydrogen (secondary N) is 1. The number of hydrogen-bond acceptors (Lipinski definition) is 7. The Hall–Kier alpha value is -3.26. The Balaban J connectivity index is 1.67. The van der Waals surface area contributed by atoms with E-state index in [1.54, 1.807) is 13.0 Å². The van der Waals surface area contributed by atoms with Crippen molar-refractivity contribution in [2.45, 2.75) is 37.3 Å². The summed E-state index contributed by atoms with van der Waals surface area (Å²) in [7, 11) is -3.91. The van der Waals surface area contributed by atoms with E-state index in [2.05, 4.69) is 20.4 Å². The SMILES string of the molecule is Cc1ccnc2nc(C(=O)Nc3cc(S(=O)(=O)N4CCCCC4)ccc3OCC(F)(F)F)nn12. The summed E-state index contributed by atoms with van der Waals surface area (Å²) in [6.45, 7) is 0.786. The molecule has 1 saturated heterocycles. The van der Waals surface area contributed by atoms with Crippen molar-refractivity contribution in [1.29, 1.82) is 0 Å². The number of sulfonamides is 1. The molecule has 34 heavy (non-hydrogen) atoms. The molecule has 0 spiro atoms. The molecule has 0 bridgehead atoms. The molecule has 182 valence electrons. The standard InChI is InChI=1S/C20H21F3N6O4S/c1-13-7-8-24-19-26-17(27-29(13)19)18(30)25-15-11-14(5-6-16(15)33-12-20(21,22)23)34(31,32)28-9-3-2-4-10-28/h5-8,11H,2-4,9-10,12H2,1H3,(H,25,30). The van der Waals surface area contributed by atoms with E-state index in [9.17, 15) is 26.4 Å². The van der Waals surface area contributed by atoms with E-state index < -0.39 is 28.7 Å². The summed E-state index contributed by atoms with van der Waals surface area (Å²) in [5.41, 5.74) is 0.399. The summed E-state index contributed by atoms with van der Waals surface area (Å²) >= 11 is 0. The van der Waals surface area contributed by atoms with Gasteiger partial charge in [0.2, 0.25) is 15.8 Å². The van der Waals surface area contributed by atoms with E-state index in [-0.39, 0.29) is 27.9 Å². The fourth-order valence-electron chi connectivity index (χ4n) is 3.49. The van der Waals surface area contributed by atoms with Crippen LogP contribution in [0.4, 0.5) is 18.9 Å². The minimum Gasteiger partial charge on any atom is -0.482 e. The van der Waals surface area contributed by atoms with E-state index in [1.165, 1.54) is 15.0 Å². The van der Waals surface area contributed by atoms with Crippen molar-refractivity contribution in [3.63, 3.8) is 0 Å². The van der Waals surface area contributed by atoms with Crippen LogP contribution in [0, 0.1) is 6.92 Å². The molecule has 0 unspecified atom stereocenters. The quantitative estimate of drug-likeness (QED) is 0.555. The molecule has 2 aromatic heterocycles. The fourth-order valence-corrected chi connectivity index (χ4v) is 5.03. The summed E-state index contributed by atoms with van der Waals surface area (Å²) in [4.78, 5) is 20.6. The van der Waals surface area contributed by atoms with Crippen LogP contribution < -0.4 is 10.1 Å². The number of alkyl halides is 3. The number of carbonyl (C=O) groups excluding carboxylic acids is 1. The fraction of sp³-hybridized carbons (Fsp3) is 0.400. The summed E-state index contributed by atoms with van der Waals surface area (Å²) in [5, 5.41) is 6.43. The average Bonchev–Trinajstić information content (AvgIpc) is 3.24. The van der Waals surface area contributed by atoms with Crippen LogP contribution in [0.5, 0.6) is 5.75 Å². The summed E-state index contributed by atoms with van der Waals surface area (Å²) in [5.74, 6) is -1.36. The van der Waals surface area contributed by atoms with Gasteiger partial charge >= 0.3 is 6.18 Å². The van der Waals surface area contributed by atoms with Gasteiger partial charge in [0.05, 0.1) is 10.6 Å². The number of fused-ring (bicyclic) bond motifs is 1. The molecule has 1 aliphatic rings. The molecule has 0 atom stereocenters. The third-order valence-corrected chi connectivity index (χ3v) is 7.07. The van der Waals surface area contributed by atoms with Crippen LogP contribution in [-0.2, 0) is 10.0 Å². The lowest BCUT2D eigenvalue weighted by Crippen LogP contribution is -2.35. The number of piperidine rings is 1. The first-order valence-electron chi connectivity index (χ1n) is 10.4. The molecule has 0 saturated carbocycles. The highest BCUT2D eigenvalue weighted by molar-refractivity contribution is 7.89. The van der Waals surface area contributed by atoms with Crippen molar-refractivity contribution >= 4 is 27.4 Å². The lowest BCUT2D eigenvalue weighted by atomic mass is 10.2. The van der Waals surface area contributed by atoms with Crippen molar-refractivity contribution in [3.05, 3.63) is 42.0 Å². The second-order valence-corrected chi connectivity index (χ2v) is 9.65. The number of carbonyl (C=O) groups is 1. The predicted octanol–water partition coefficient (Wildman–Crippen LogP) is 2.80. The second-order valence-electron chi connectivity index (χ2n) is 7.71. The van der Waals surface area contributed by atoms with Crippen LogP contribution in [-0.4, -0.2) is 64.1 Å². The van der Waals surface area contributed by atoms with Crippen molar-refractivity contribution in [1.82, 2.24) is 23.9 Å². The van der Waals surface area contributed by atoms with Gasteiger partial charge in [0.1, 0.15) is 5.75 Å². The topological polar surface area (TPSA) is 119 Å². The van der Waals surface area contributed by atoms with Gasteiger partial charge in [0.15, 0.2) is 6.61 Å². The molecule has 4 rings (SSSR count). The third-order valence-electron chi connectivity index (χ3n) is 5.18. The lowest BCUT2D eigenvalue weighted by molar-refractivity contribution is -0.153. The van der Waals surface area contributed by atoms with Crippen LogP contribution in [0.3, 0.4) is 0 Å². The van der Waals surface area contributed by atoms with Gasteiger partial charge in [-0.1, -0.05) is 6.42 Å². The molecule has 1 amide bonds. The maximum atomic E-state index is 13.0. The molecule has 1 fully saturated rings. The van der Waals surface area contributed by atoms with Gasteiger partial charge in [-0.25, -0.2) is 17.9 Å². The predicted molar refractivity (Wildman–Crippen MR) is 114 cm³/mol. The zero-order chi connectivity index (χ0) is 24.5. The number of nitrogens with zero attached hydrogens (tertiary/aromatic N) is 5. The number of hydrogen-bond donors (Lipinski definition) is 1. The Bertz CT molecular complexity index is 1320. The van der Waals surface area contributed by atoms with Crippen LogP contribution in [0.25, 0.3) is 5.78 Å². The minimum atomic E-state index is -4.63. The third kappa shape index (κ3) is 5.12. The van der Waals surface area contributed by atoms with Crippen molar-refractivity contribution < 1.29 is 31.1 Å². The average molecular weight is 498 g/mol. The highest BCUT2D eigenvalue weighted by Crippen LogP contribution is 2.31. The van der Waals surface area contributed by atoms with E-state index in [0.717, 1.165) is 24.6 Å². The molecule has 1 aliphatic heterocycles. The van der Waals surface area contributed by atoms with Crippen LogP contribution in [0.15, 0.2) is 35.4 Å². The number of amides is 1. The number of aromatic nitrogens is 4. The van der Waals surface area contributed by atoms with Crippen LogP contribution in [0.2, 0.25) is 0 Å². The molecule has 1 aromatic carbocycles. The maximum Gasteiger partial charge on any atom is 0.422 e. The molecule has 0 radical (unpaired) electrons. The Labute approximate surface area is 192 Å². The Morgan fingerprint density at radius 3 is 2.59 bits per heavy atom. The van der Waals surface area contributed by atoms with Gasteiger partial charge in [0, 0.05) is 25.0 Å². The number of rotatable bonds is 6. The summed E-state index contributed by atoms with van der Waals surface area (Å²) < 4.78 is 71.7. The van der Waals surface area contributed by atoms with Crippen molar-refractivity contribution in [2.75, 3.05) is 25.0 Å². The number of anilines is 1. The molecule has 1 N–H and O–H groups in total. The minimum absolute atomic E-state index is 0.153. The van der Waals surface area contributed by atoms with Gasteiger partial charge < -0.3 is 10.1 Å². The normalized spacial score (nSPS) is 15.4. The van der Waals surface area contributed by atoms with E-state index in [4.69, 9.17) is 4.74 Å². The van der Waals surface area contributed by atoms with Gasteiger partial charge in [-0.05, 0) is 44.0 Å². The zero-order valence-corrected chi connectivity index (χ0v) is 18.9. The first kappa shape index (κ1) is 23.9. The number of ether oxygens (including phenoxy) is 1. The lowest BCUT2D eigenvalue weighted by Gasteiger charge is -2.26. The first-order valence-corrected chi connectivity index (χ1v) is 11.8. The van der Waals surface area contributed by atoms with Crippen molar-refractivity contribution in [2.24, 2.45) is 0 Å². The molecule has 3 heterocycles. The molecule has 0 aliphatic carbocycles. The van der Waals surface area contributed by atoms with Gasteiger partial charge in [-0.15, -0.1) is 5.10 Å². The van der Waals surface area contributed by atoms with Gasteiger partial charge in [-0.3, -0.25) is 4.79 Å². The maximum absolute atomic E-state index is 13.0.